The summed E-state index contributed by atoms with van der Waals surface area (Å²) in [5.41, 5.74) is 2.73. The number of hydrogen-bond acceptors (Lipinski definition) is 2. The van der Waals surface area contributed by atoms with E-state index in [1.807, 2.05) is 6.07 Å². The molecule has 1 aromatic carbocycles. The summed E-state index contributed by atoms with van der Waals surface area (Å²) in [4.78, 5) is 23.6. The molecule has 1 aliphatic heterocycles. The van der Waals surface area contributed by atoms with Crippen LogP contribution in [0.3, 0.4) is 0 Å². The van der Waals surface area contributed by atoms with Crippen LogP contribution < -0.4 is 5.32 Å². The molecule has 0 bridgehead atoms. The van der Waals surface area contributed by atoms with E-state index in [1.54, 1.807) is 24.0 Å². The maximum atomic E-state index is 11.3. The number of nitrogens with zero attached hydrogens (tertiary/aromatic N) is 1. The van der Waals surface area contributed by atoms with Crippen molar-refractivity contribution >= 4 is 17.7 Å². The van der Waals surface area contributed by atoms with Gasteiger partial charge in [0.25, 0.3) is 0 Å². The van der Waals surface area contributed by atoms with E-state index in [1.165, 1.54) is 5.56 Å². The molecule has 2 N–H and O–H groups in total. The normalized spacial score (nSPS) is 14.1. The van der Waals surface area contributed by atoms with Gasteiger partial charge in [-0.1, -0.05) is 6.07 Å². The van der Waals surface area contributed by atoms with Crippen molar-refractivity contribution in [2.45, 2.75) is 19.9 Å². The second kappa shape index (κ2) is 4.45. The van der Waals surface area contributed by atoms with Gasteiger partial charge in [0.2, 0.25) is 5.91 Å². The molecule has 1 aliphatic rings. The molecule has 0 fully saturated rings. The average molecular weight is 234 g/mol. The van der Waals surface area contributed by atoms with E-state index in [0.29, 0.717) is 12.2 Å². The standard InChI is InChI=1S/C12H14N2O3/c1-8(15)14-5-4-9-2-3-11(13-12(16)17)6-10(9)7-14/h2-3,6,13H,4-5,7H2,1H3,(H,16,17). The molecule has 0 unspecified atom stereocenters. The number of rotatable bonds is 1. The Morgan fingerprint density at radius 3 is 2.76 bits per heavy atom. The van der Waals surface area contributed by atoms with Gasteiger partial charge in [-0.3, -0.25) is 10.1 Å². The molecule has 5 heteroatoms. The summed E-state index contributed by atoms with van der Waals surface area (Å²) in [5.74, 6) is 0.0484. The molecule has 0 aromatic heterocycles. The Hall–Kier alpha value is -2.04. The van der Waals surface area contributed by atoms with Crippen molar-refractivity contribution in [3.63, 3.8) is 0 Å². The zero-order valence-electron chi connectivity index (χ0n) is 9.56. The quantitative estimate of drug-likeness (QED) is 0.776. The lowest BCUT2D eigenvalue weighted by molar-refractivity contribution is -0.129. The second-order valence-electron chi connectivity index (χ2n) is 4.10. The van der Waals surface area contributed by atoms with E-state index in [0.717, 1.165) is 18.5 Å². The summed E-state index contributed by atoms with van der Waals surface area (Å²) in [6.07, 6.45) is -0.258. The summed E-state index contributed by atoms with van der Waals surface area (Å²) in [5, 5.41) is 10.9. The minimum Gasteiger partial charge on any atom is -0.465 e. The number of carbonyl (C=O) groups excluding carboxylic acids is 1. The van der Waals surface area contributed by atoms with Gasteiger partial charge < -0.3 is 10.0 Å². The van der Waals surface area contributed by atoms with E-state index >= 15 is 0 Å². The van der Waals surface area contributed by atoms with Gasteiger partial charge in [0, 0.05) is 25.7 Å². The molecular weight excluding hydrogens is 220 g/mol. The van der Waals surface area contributed by atoms with Crippen LogP contribution in [0.4, 0.5) is 10.5 Å². The number of amides is 2. The third kappa shape index (κ3) is 2.55. The van der Waals surface area contributed by atoms with E-state index in [2.05, 4.69) is 5.32 Å². The first-order valence-electron chi connectivity index (χ1n) is 5.43. The van der Waals surface area contributed by atoms with Crippen LogP contribution in [0.1, 0.15) is 18.1 Å². The molecule has 0 radical (unpaired) electrons. The van der Waals surface area contributed by atoms with Crippen LogP contribution in [0.25, 0.3) is 0 Å². The van der Waals surface area contributed by atoms with Gasteiger partial charge in [-0.05, 0) is 29.7 Å². The first-order valence-corrected chi connectivity index (χ1v) is 5.43. The monoisotopic (exact) mass is 234 g/mol. The Kier molecular flexibility index (Phi) is 2.99. The van der Waals surface area contributed by atoms with Crippen molar-refractivity contribution in [2.75, 3.05) is 11.9 Å². The lowest BCUT2D eigenvalue weighted by atomic mass is 9.99. The van der Waals surface area contributed by atoms with Gasteiger partial charge in [0.1, 0.15) is 0 Å². The van der Waals surface area contributed by atoms with Crippen molar-refractivity contribution in [2.24, 2.45) is 0 Å². The zero-order chi connectivity index (χ0) is 12.4. The summed E-state index contributed by atoms with van der Waals surface area (Å²) in [7, 11) is 0. The zero-order valence-corrected chi connectivity index (χ0v) is 9.56. The fourth-order valence-electron chi connectivity index (χ4n) is 2.03. The molecule has 0 saturated heterocycles. The van der Waals surface area contributed by atoms with Crippen molar-refractivity contribution < 1.29 is 14.7 Å². The van der Waals surface area contributed by atoms with Crippen molar-refractivity contribution in [3.8, 4) is 0 Å². The fourth-order valence-corrected chi connectivity index (χ4v) is 2.03. The lowest BCUT2D eigenvalue weighted by Gasteiger charge is -2.28. The SMILES string of the molecule is CC(=O)N1CCc2ccc(NC(=O)O)cc2C1. The number of carbonyl (C=O) groups is 2. The lowest BCUT2D eigenvalue weighted by Crippen LogP contribution is -2.34. The molecule has 0 saturated carbocycles. The van der Waals surface area contributed by atoms with Gasteiger partial charge in [-0.2, -0.15) is 0 Å². The number of fused-ring (bicyclic) bond motifs is 1. The van der Waals surface area contributed by atoms with Gasteiger partial charge in [-0.25, -0.2) is 4.79 Å². The van der Waals surface area contributed by atoms with Gasteiger partial charge in [0.15, 0.2) is 0 Å². The van der Waals surface area contributed by atoms with E-state index in [9.17, 15) is 9.59 Å². The van der Waals surface area contributed by atoms with Crippen molar-refractivity contribution in [1.29, 1.82) is 0 Å². The average Bonchev–Trinajstić information content (AvgIpc) is 2.27. The molecule has 5 nitrogen and oxygen atoms in total. The predicted octanol–water partition coefficient (Wildman–Crippen LogP) is 1.68. The van der Waals surface area contributed by atoms with E-state index < -0.39 is 6.09 Å². The van der Waals surface area contributed by atoms with Gasteiger partial charge in [0.05, 0.1) is 0 Å². The van der Waals surface area contributed by atoms with Crippen molar-refractivity contribution in [1.82, 2.24) is 4.90 Å². The Bertz CT molecular complexity index is 471. The molecular formula is C12H14N2O3. The van der Waals surface area contributed by atoms with Crippen LogP contribution in [0, 0.1) is 0 Å². The molecule has 2 amide bonds. The first kappa shape index (κ1) is 11.4. The molecule has 0 atom stereocenters. The molecule has 0 spiro atoms. The minimum atomic E-state index is -1.08. The Balaban J connectivity index is 2.22. The molecule has 90 valence electrons. The summed E-state index contributed by atoms with van der Waals surface area (Å²) >= 11 is 0. The van der Waals surface area contributed by atoms with Crippen LogP contribution in [-0.4, -0.2) is 28.6 Å². The van der Waals surface area contributed by atoms with Gasteiger partial charge in [-0.15, -0.1) is 0 Å². The maximum Gasteiger partial charge on any atom is 0.409 e. The highest BCUT2D eigenvalue weighted by molar-refractivity contribution is 5.83. The first-order chi connectivity index (χ1) is 8.06. The van der Waals surface area contributed by atoms with Crippen LogP contribution in [0.15, 0.2) is 18.2 Å². The third-order valence-electron chi connectivity index (χ3n) is 2.92. The second-order valence-corrected chi connectivity index (χ2v) is 4.10. The smallest absolute Gasteiger partial charge is 0.409 e. The highest BCUT2D eigenvalue weighted by Crippen LogP contribution is 2.22. The molecule has 0 aliphatic carbocycles. The Labute approximate surface area is 99.0 Å². The third-order valence-corrected chi connectivity index (χ3v) is 2.92. The topological polar surface area (TPSA) is 69.6 Å². The van der Waals surface area contributed by atoms with Gasteiger partial charge >= 0.3 is 6.09 Å². The summed E-state index contributed by atoms with van der Waals surface area (Å²) < 4.78 is 0. The van der Waals surface area contributed by atoms with E-state index in [4.69, 9.17) is 5.11 Å². The van der Waals surface area contributed by atoms with Crippen LogP contribution in [-0.2, 0) is 17.8 Å². The number of nitrogens with one attached hydrogen (secondary N) is 1. The van der Waals surface area contributed by atoms with Crippen LogP contribution >= 0.6 is 0 Å². The number of carboxylic acid groups (broad SMARTS) is 1. The van der Waals surface area contributed by atoms with Crippen LogP contribution in [0.5, 0.6) is 0 Å². The molecule has 2 rings (SSSR count). The van der Waals surface area contributed by atoms with Crippen molar-refractivity contribution in [3.05, 3.63) is 29.3 Å². The Morgan fingerprint density at radius 1 is 1.35 bits per heavy atom. The van der Waals surface area contributed by atoms with Crippen LogP contribution in [0.2, 0.25) is 0 Å². The minimum absolute atomic E-state index is 0.0484. The summed E-state index contributed by atoms with van der Waals surface area (Å²) in [6.45, 7) is 2.83. The Morgan fingerprint density at radius 2 is 2.12 bits per heavy atom. The molecule has 1 heterocycles. The number of benzene rings is 1. The maximum absolute atomic E-state index is 11.3. The number of anilines is 1. The highest BCUT2D eigenvalue weighted by Gasteiger charge is 2.18. The number of hydrogen-bond donors (Lipinski definition) is 2. The largest absolute Gasteiger partial charge is 0.465 e. The fraction of sp³-hybridized carbons (Fsp3) is 0.333. The molecule has 1 aromatic rings. The summed E-state index contributed by atoms with van der Waals surface area (Å²) in [6, 6.07) is 5.45. The van der Waals surface area contributed by atoms with E-state index in [-0.39, 0.29) is 5.91 Å². The molecule has 17 heavy (non-hydrogen) atoms. The predicted molar refractivity (Wildman–Crippen MR) is 62.9 cm³/mol. The highest BCUT2D eigenvalue weighted by atomic mass is 16.4.